The summed E-state index contributed by atoms with van der Waals surface area (Å²) >= 11 is 6.29. The molecule has 2 aromatic carbocycles. The number of hydrogen-bond donors (Lipinski definition) is 1. The molecule has 4 heteroatoms. The number of halogens is 1. The minimum atomic E-state index is 0.508. The summed E-state index contributed by atoms with van der Waals surface area (Å²) in [5, 5.41) is 0.751. The van der Waals surface area contributed by atoms with Crippen LogP contribution >= 0.6 is 11.6 Å². The Kier molecular flexibility index (Phi) is 3.23. The minimum absolute atomic E-state index is 0.508. The van der Waals surface area contributed by atoms with E-state index >= 15 is 0 Å². The predicted molar refractivity (Wildman–Crippen MR) is 78.2 cm³/mol. The van der Waals surface area contributed by atoms with E-state index in [-0.39, 0.29) is 0 Å². The van der Waals surface area contributed by atoms with Gasteiger partial charge in [0.25, 0.3) is 0 Å². The van der Waals surface area contributed by atoms with Gasteiger partial charge in [-0.1, -0.05) is 35.9 Å². The van der Waals surface area contributed by atoms with Crippen molar-refractivity contribution in [1.82, 2.24) is 9.55 Å². The SMILES string of the molecule is NCc1ccc(Cn2cnc3ccccc32)c(Cl)c1. The summed E-state index contributed by atoms with van der Waals surface area (Å²) in [6.45, 7) is 1.22. The topological polar surface area (TPSA) is 43.8 Å². The highest BCUT2D eigenvalue weighted by Gasteiger charge is 2.05. The van der Waals surface area contributed by atoms with E-state index in [4.69, 9.17) is 17.3 Å². The monoisotopic (exact) mass is 271 g/mol. The van der Waals surface area contributed by atoms with Crippen LogP contribution in [-0.4, -0.2) is 9.55 Å². The van der Waals surface area contributed by atoms with Gasteiger partial charge in [-0.05, 0) is 29.3 Å². The second-order valence-electron chi connectivity index (χ2n) is 4.49. The van der Waals surface area contributed by atoms with Crippen LogP contribution in [-0.2, 0) is 13.1 Å². The van der Waals surface area contributed by atoms with Crippen LogP contribution < -0.4 is 5.73 Å². The van der Waals surface area contributed by atoms with Crippen molar-refractivity contribution < 1.29 is 0 Å². The third-order valence-corrected chi connectivity index (χ3v) is 3.57. The van der Waals surface area contributed by atoms with E-state index in [1.807, 2.05) is 42.7 Å². The van der Waals surface area contributed by atoms with E-state index in [2.05, 4.69) is 15.6 Å². The van der Waals surface area contributed by atoms with Crippen LogP contribution in [0, 0.1) is 0 Å². The van der Waals surface area contributed by atoms with Crippen molar-refractivity contribution in [3.05, 3.63) is 64.9 Å². The highest BCUT2D eigenvalue weighted by Crippen LogP contribution is 2.21. The van der Waals surface area contributed by atoms with Crippen molar-refractivity contribution in [2.45, 2.75) is 13.1 Å². The van der Waals surface area contributed by atoms with Crippen molar-refractivity contribution in [2.24, 2.45) is 5.73 Å². The number of hydrogen-bond acceptors (Lipinski definition) is 2. The fraction of sp³-hybridized carbons (Fsp3) is 0.133. The van der Waals surface area contributed by atoms with Gasteiger partial charge in [0.05, 0.1) is 23.9 Å². The average Bonchev–Trinajstić information content (AvgIpc) is 2.84. The first kappa shape index (κ1) is 12.2. The second-order valence-corrected chi connectivity index (χ2v) is 4.90. The number of para-hydroxylation sites is 2. The Morgan fingerprint density at radius 2 is 2.00 bits per heavy atom. The molecule has 0 amide bonds. The summed E-state index contributed by atoms with van der Waals surface area (Å²) in [6, 6.07) is 14.0. The first-order valence-corrected chi connectivity index (χ1v) is 6.53. The van der Waals surface area contributed by atoms with Crippen LogP contribution in [0.4, 0.5) is 0 Å². The fourth-order valence-electron chi connectivity index (χ4n) is 2.17. The molecule has 0 bridgehead atoms. The average molecular weight is 272 g/mol. The fourth-order valence-corrected chi connectivity index (χ4v) is 2.43. The molecule has 0 fully saturated rings. The molecule has 3 nitrogen and oxygen atoms in total. The number of rotatable bonds is 3. The number of benzene rings is 2. The molecule has 1 aromatic heterocycles. The molecule has 0 saturated heterocycles. The zero-order valence-electron chi connectivity index (χ0n) is 10.4. The van der Waals surface area contributed by atoms with E-state index < -0.39 is 0 Å². The van der Waals surface area contributed by atoms with E-state index in [0.29, 0.717) is 13.1 Å². The van der Waals surface area contributed by atoms with Crippen LogP contribution in [0.3, 0.4) is 0 Å². The van der Waals surface area contributed by atoms with Crippen molar-refractivity contribution in [3.8, 4) is 0 Å². The zero-order chi connectivity index (χ0) is 13.2. The Morgan fingerprint density at radius 1 is 1.16 bits per heavy atom. The molecule has 0 atom stereocenters. The van der Waals surface area contributed by atoms with Gasteiger partial charge in [-0.3, -0.25) is 0 Å². The third-order valence-electron chi connectivity index (χ3n) is 3.22. The number of imidazole rings is 1. The third kappa shape index (κ3) is 2.35. The molecule has 0 aliphatic heterocycles. The van der Waals surface area contributed by atoms with Crippen LogP contribution in [0.5, 0.6) is 0 Å². The maximum atomic E-state index is 6.29. The predicted octanol–water partition coefficient (Wildman–Crippen LogP) is 3.20. The van der Waals surface area contributed by atoms with E-state index in [0.717, 1.165) is 27.2 Å². The first-order chi connectivity index (χ1) is 9.28. The summed E-state index contributed by atoms with van der Waals surface area (Å²) in [7, 11) is 0. The Balaban J connectivity index is 1.97. The molecule has 3 aromatic rings. The second kappa shape index (κ2) is 5.03. The van der Waals surface area contributed by atoms with Gasteiger partial charge in [-0.25, -0.2) is 4.98 Å². The molecule has 19 heavy (non-hydrogen) atoms. The van der Waals surface area contributed by atoms with Crippen LogP contribution in [0.15, 0.2) is 48.8 Å². The Morgan fingerprint density at radius 3 is 2.79 bits per heavy atom. The summed E-state index contributed by atoms with van der Waals surface area (Å²) in [4.78, 5) is 4.38. The summed E-state index contributed by atoms with van der Waals surface area (Å²) in [5.41, 5.74) is 9.83. The summed E-state index contributed by atoms with van der Waals surface area (Å²) in [6.07, 6.45) is 1.85. The lowest BCUT2D eigenvalue weighted by atomic mass is 10.1. The van der Waals surface area contributed by atoms with Gasteiger partial charge in [-0.15, -0.1) is 0 Å². The lowest BCUT2D eigenvalue weighted by Gasteiger charge is -2.08. The lowest BCUT2D eigenvalue weighted by molar-refractivity contribution is 0.823. The van der Waals surface area contributed by atoms with Crippen molar-refractivity contribution in [2.75, 3.05) is 0 Å². The molecule has 0 spiro atoms. The van der Waals surface area contributed by atoms with E-state index in [1.54, 1.807) is 0 Å². The van der Waals surface area contributed by atoms with Crippen LogP contribution in [0.1, 0.15) is 11.1 Å². The van der Waals surface area contributed by atoms with Crippen molar-refractivity contribution in [1.29, 1.82) is 0 Å². The molecule has 0 radical (unpaired) electrons. The molecule has 0 unspecified atom stereocenters. The van der Waals surface area contributed by atoms with Crippen LogP contribution in [0.2, 0.25) is 5.02 Å². The van der Waals surface area contributed by atoms with E-state index in [1.165, 1.54) is 0 Å². The molecule has 0 saturated carbocycles. The largest absolute Gasteiger partial charge is 0.326 e. The minimum Gasteiger partial charge on any atom is -0.326 e. The number of nitrogens with zero attached hydrogens (tertiary/aromatic N) is 2. The standard InChI is InChI=1S/C15H14ClN3/c16-13-7-11(8-17)5-6-12(13)9-19-10-18-14-3-1-2-4-15(14)19/h1-7,10H,8-9,17H2. The summed E-state index contributed by atoms with van der Waals surface area (Å²) < 4.78 is 2.10. The molecule has 96 valence electrons. The molecular weight excluding hydrogens is 258 g/mol. The number of aromatic nitrogens is 2. The van der Waals surface area contributed by atoms with Crippen molar-refractivity contribution in [3.63, 3.8) is 0 Å². The van der Waals surface area contributed by atoms with Gasteiger partial charge >= 0.3 is 0 Å². The Hall–Kier alpha value is -1.84. The zero-order valence-corrected chi connectivity index (χ0v) is 11.1. The number of nitrogens with two attached hydrogens (primary N) is 1. The van der Waals surface area contributed by atoms with Gasteiger partial charge < -0.3 is 10.3 Å². The summed E-state index contributed by atoms with van der Waals surface area (Å²) in [5.74, 6) is 0. The lowest BCUT2D eigenvalue weighted by Crippen LogP contribution is -2.01. The van der Waals surface area contributed by atoms with Gasteiger partial charge in [-0.2, -0.15) is 0 Å². The van der Waals surface area contributed by atoms with Gasteiger partial charge in [0, 0.05) is 11.6 Å². The molecule has 2 N–H and O–H groups in total. The Labute approximate surface area is 116 Å². The van der Waals surface area contributed by atoms with Gasteiger partial charge in [0.2, 0.25) is 0 Å². The maximum Gasteiger partial charge on any atom is 0.0961 e. The Bertz CT molecular complexity index is 718. The molecular formula is C15H14ClN3. The molecule has 1 heterocycles. The quantitative estimate of drug-likeness (QED) is 0.795. The van der Waals surface area contributed by atoms with Gasteiger partial charge in [0.1, 0.15) is 0 Å². The van der Waals surface area contributed by atoms with Crippen molar-refractivity contribution >= 4 is 22.6 Å². The van der Waals surface area contributed by atoms with Gasteiger partial charge in [0.15, 0.2) is 0 Å². The highest BCUT2D eigenvalue weighted by atomic mass is 35.5. The van der Waals surface area contributed by atoms with Crippen LogP contribution in [0.25, 0.3) is 11.0 Å². The smallest absolute Gasteiger partial charge is 0.0961 e. The maximum absolute atomic E-state index is 6.29. The number of fused-ring (bicyclic) bond motifs is 1. The first-order valence-electron chi connectivity index (χ1n) is 6.15. The highest BCUT2D eigenvalue weighted by molar-refractivity contribution is 6.31. The normalized spacial score (nSPS) is 11.1. The molecule has 3 rings (SSSR count). The van der Waals surface area contributed by atoms with E-state index in [9.17, 15) is 0 Å². The molecule has 0 aliphatic rings. The molecule has 0 aliphatic carbocycles.